The minimum Gasteiger partial charge on any atom is -0.411 e. The van der Waals surface area contributed by atoms with Crippen LogP contribution < -0.4 is 5.90 Å². The number of fused-ring (bicyclic) bond motifs is 2. The van der Waals surface area contributed by atoms with Gasteiger partial charge in [-0.05, 0) is 50.2 Å². The van der Waals surface area contributed by atoms with Crippen LogP contribution in [0.15, 0.2) is 41.6 Å². The monoisotopic (exact) mass is 434 g/mol. The Kier molecular flexibility index (Phi) is 7.81. The topological polar surface area (TPSA) is 127 Å². The molecule has 4 rings (SSSR count). The highest BCUT2D eigenvalue weighted by molar-refractivity contribution is 6.31. The fourth-order valence-electron chi connectivity index (χ4n) is 3.02. The van der Waals surface area contributed by atoms with E-state index in [1.54, 1.807) is 12.1 Å². The zero-order valence-electron chi connectivity index (χ0n) is 15.7. The molecule has 6 N–H and O–H groups in total. The van der Waals surface area contributed by atoms with Crippen molar-refractivity contribution < 1.29 is 15.2 Å². The lowest BCUT2D eigenvalue weighted by atomic mass is 10.1. The van der Waals surface area contributed by atoms with E-state index in [0.29, 0.717) is 15.6 Å². The number of nitrogens with two attached hydrogens (primary N) is 1. The smallest absolute Gasteiger partial charge is 0.152 e. The molecular weight excluding hydrogens is 415 g/mol. The van der Waals surface area contributed by atoms with Crippen molar-refractivity contribution in [2.24, 2.45) is 11.1 Å². The van der Waals surface area contributed by atoms with E-state index in [1.165, 1.54) is 6.21 Å². The molecule has 0 atom stereocenters. The summed E-state index contributed by atoms with van der Waals surface area (Å²) >= 11 is 11.7. The molecule has 0 aliphatic heterocycles. The number of carbonyl (C=O) groups excluding carboxylic acids is 1. The number of carbonyl (C=O) groups is 1. The van der Waals surface area contributed by atoms with Crippen LogP contribution >= 0.6 is 23.2 Å². The number of hydrogen-bond acceptors (Lipinski definition) is 5. The van der Waals surface area contributed by atoms with E-state index in [1.807, 2.05) is 38.1 Å². The van der Waals surface area contributed by atoms with Crippen molar-refractivity contribution >= 4 is 57.5 Å². The zero-order valence-corrected chi connectivity index (χ0v) is 17.2. The Hall–Kier alpha value is -2.84. The van der Waals surface area contributed by atoms with Gasteiger partial charge in [-0.2, -0.15) is 0 Å². The van der Waals surface area contributed by atoms with Crippen molar-refractivity contribution in [1.29, 1.82) is 0 Å². The van der Waals surface area contributed by atoms with Gasteiger partial charge in [0.2, 0.25) is 0 Å². The van der Waals surface area contributed by atoms with Crippen LogP contribution in [0.4, 0.5) is 0 Å². The number of oxime groups is 1. The van der Waals surface area contributed by atoms with E-state index in [0.717, 1.165) is 45.0 Å². The number of aldehydes is 1. The molecule has 2 heterocycles. The maximum Gasteiger partial charge on any atom is 0.152 e. The Morgan fingerprint density at radius 3 is 1.79 bits per heavy atom. The van der Waals surface area contributed by atoms with Crippen LogP contribution in [0.3, 0.4) is 0 Å². The molecule has 0 spiro atoms. The van der Waals surface area contributed by atoms with Crippen molar-refractivity contribution in [3.63, 3.8) is 0 Å². The summed E-state index contributed by atoms with van der Waals surface area (Å²) in [7, 11) is 0. The van der Waals surface area contributed by atoms with E-state index < -0.39 is 0 Å². The van der Waals surface area contributed by atoms with E-state index in [2.05, 4.69) is 21.0 Å². The maximum atomic E-state index is 10.8. The van der Waals surface area contributed by atoms with Crippen LogP contribution in [0, 0.1) is 13.8 Å². The van der Waals surface area contributed by atoms with Gasteiger partial charge in [-0.3, -0.25) is 4.79 Å². The van der Waals surface area contributed by atoms with Crippen LogP contribution in [0.2, 0.25) is 10.0 Å². The molecule has 7 nitrogen and oxygen atoms in total. The third-order valence-corrected chi connectivity index (χ3v) is 4.77. The Morgan fingerprint density at radius 1 is 0.897 bits per heavy atom. The average molecular weight is 435 g/mol. The average Bonchev–Trinajstić information content (AvgIpc) is 3.19. The molecule has 152 valence electrons. The molecule has 0 saturated heterocycles. The molecule has 0 fully saturated rings. The first-order valence-electron chi connectivity index (χ1n) is 8.38. The van der Waals surface area contributed by atoms with Crippen LogP contribution in [0.1, 0.15) is 27.3 Å². The van der Waals surface area contributed by atoms with Gasteiger partial charge in [-0.15, -0.1) is 0 Å². The summed E-state index contributed by atoms with van der Waals surface area (Å²) in [5.41, 5.74) is 5.33. The van der Waals surface area contributed by atoms with E-state index in [4.69, 9.17) is 33.6 Å². The minimum absolute atomic E-state index is 0.648. The van der Waals surface area contributed by atoms with Crippen LogP contribution in [0.25, 0.3) is 21.8 Å². The first kappa shape index (κ1) is 22.4. The van der Waals surface area contributed by atoms with Gasteiger partial charge < -0.3 is 20.4 Å². The second-order valence-electron chi connectivity index (χ2n) is 6.07. The number of aromatic nitrogens is 2. The van der Waals surface area contributed by atoms with Crippen LogP contribution in [-0.2, 0) is 0 Å². The first-order valence-corrected chi connectivity index (χ1v) is 9.14. The van der Waals surface area contributed by atoms with Gasteiger partial charge in [-0.1, -0.05) is 28.4 Å². The van der Waals surface area contributed by atoms with Crippen LogP contribution in [-0.4, -0.2) is 32.9 Å². The number of aromatic amines is 2. The molecule has 0 unspecified atom stereocenters. The van der Waals surface area contributed by atoms with Gasteiger partial charge in [0.15, 0.2) is 6.29 Å². The second-order valence-corrected chi connectivity index (χ2v) is 6.94. The Labute approximate surface area is 176 Å². The summed E-state index contributed by atoms with van der Waals surface area (Å²) in [5, 5.41) is 21.2. The van der Waals surface area contributed by atoms with Crippen molar-refractivity contribution in [3.8, 4) is 0 Å². The Balaban J connectivity index is 0.000000191. The van der Waals surface area contributed by atoms with Crippen molar-refractivity contribution in [3.05, 3.63) is 69.0 Å². The summed E-state index contributed by atoms with van der Waals surface area (Å²) in [6.07, 6.45) is 2.26. The van der Waals surface area contributed by atoms with Gasteiger partial charge in [0.25, 0.3) is 0 Å². The number of halogens is 2. The van der Waals surface area contributed by atoms with Crippen molar-refractivity contribution in [2.75, 3.05) is 0 Å². The van der Waals surface area contributed by atoms with Gasteiger partial charge in [0, 0.05) is 54.4 Å². The fourth-order valence-corrected chi connectivity index (χ4v) is 3.36. The SMILES string of the molecule is Cc1[nH]c2ccc(Cl)cc2c1/C=N/O.Cc1[nH]c2ccc(Cl)cc2c1C=O.NO. The number of aryl methyl sites for hydroxylation is 2. The largest absolute Gasteiger partial charge is 0.411 e. The molecule has 0 radical (unpaired) electrons. The molecule has 9 heteroatoms. The normalized spacial score (nSPS) is 10.6. The number of rotatable bonds is 2. The molecule has 0 bridgehead atoms. The highest BCUT2D eigenvalue weighted by Crippen LogP contribution is 2.24. The summed E-state index contributed by atoms with van der Waals surface area (Å²) in [5.74, 6) is 3.50. The highest BCUT2D eigenvalue weighted by atomic mass is 35.5. The molecule has 4 aromatic rings. The molecule has 0 aliphatic carbocycles. The summed E-state index contributed by atoms with van der Waals surface area (Å²) in [6, 6.07) is 11.0. The molecule has 0 saturated carbocycles. The zero-order chi connectivity index (χ0) is 21.6. The van der Waals surface area contributed by atoms with E-state index in [9.17, 15) is 4.79 Å². The summed E-state index contributed by atoms with van der Waals surface area (Å²) in [4.78, 5) is 17.0. The maximum absolute atomic E-state index is 10.8. The molecule has 29 heavy (non-hydrogen) atoms. The van der Waals surface area contributed by atoms with Gasteiger partial charge in [-0.25, -0.2) is 5.90 Å². The molecule has 2 aromatic heterocycles. The van der Waals surface area contributed by atoms with Crippen molar-refractivity contribution in [2.45, 2.75) is 13.8 Å². The number of benzene rings is 2. The molecular formula is C20H20Cl2N4O3. The predicted octanol–water partition coefficient (Wildman–Crippen LogP) is 5.21. The fraction of sp³-hybridized carbons (Fsp3) is 0.100. The van der Waals surface area contributed by atoms with E-state index in [-0.39, 0.29) is 0 Å². The third-order valence-electron chi connectivity index (χ3n) is 4.30. The number of nitrogens with zero attached hydrogens (tertiary/aromatic N) is 1. The predicted molar refractivity (Wildman–Crippen MR) is 117 cm³/mol. The summed E-state index contributed by atoms with van der Waals surface area (Å²) in [6.45, 7) is 3.79. The second kappa shape index (κ2) is 10.1. The molecule has 2 aromatic carbocycles. The van der Waals surface area contributed by atoms with Gasteiger partial charge in [0.05, 0.1) is 6.21 Å². The third kappa shape index (κ3) is 4.96. The lowest BCUT2D eigenvalue weighted by Gasteiger charge is -1.92. The Morgan fingerprint density at radius 2 is 1.34 bits per heavy atom. The molecule has 0 aliphatic rings. The number of hydrogen-bond donors (Lipinski definition) is 5. The van der Waals surface area contributed by atoms with Crippen LogP contribution in [0.5, 0.6) is 0 Å². The standard InChI is InChI=1S/C10H9ClN2O.C10H8ClNO.H3NO/c1-6-9(5-12-14)8-4-7(11)2-3-10(8)13-6;1-6-9(5-13)8-4-7(11)2-3-10(8)12-6;1-2/h2-5,13-14H,1H3;2-5,12H,1H3;2H,1H2/b12-5+;;. The summed E-state index contributed by atoms with van der Waals surface area (Å²) < 4.78 is 0. The van der Waals surface area contributed by atoms with Gasteiger partial charge >= 0.3 is 0 Å². The van der Waals surface area contributed by atoms with Crippen molar-refractivity contribution in [1.82, 2.24) is 9.97 Å². The highest BCUT2D eigenvalue weighted by Gasteiger charge is 2.07. The lowest BCUT2D eigenvalue weighted by molar-refractivity contribution is 0.112. The minimum atomic E-state index is 0.648. The quantitative estimate of drug-likeness (QED) is 0.128. The lowest BCUT2D eigenvalue weighted by Crippen LogP contribution is -1.81. The molecule has 0 amide bonds. The number of nitrogens with one attached hydrogen (secondary N) is 2. The Bertz CT molecular complexity index is 1170. The number of H-pyrrole nitrogens is 2. The van der Waals surface area contributed by atoms with E-state index >= 15 is 0 Å². The first-order chi connectivity index (χ1) is 13.9. The van der Waals surface area contributed by atoms with Gasteiger partial charge in [0.1, 0.15) is 0 Å².